The van der Waals surface area contributed by atoms with Crippen molar-refractivity contribution in [1.29, 1.82) is 0 Å². The maximum absolute atomic E-state index is 13.1. The lowest BCUT2D eigenvalue weighted by atomic mass is 9.77. The fourth-order valence-corrected chi connectivity index (χ4v) is 5.12. The van der Waals surface area contributed by atoms with Crippen molar-refractivity contribution in [2.75, 3.05) is 29.9 Å². The molecule has 3 heterocycles. The molecular formula is C28H28N2O3. The topological polar surface area (TPSA) is 50.8 Å². The molecule has 0 aliphatic carbocycles. The summed E-state index contributed by atoms with van der Waals surface area (Å²) >= 11 is 0. The molecule has 0 bridgehead atoms. The lowest BCUT2D eigenvalue weighted by Gasteiger charge is -2.38. The van der Waals surface area contributed by atoms with Gasteiger partial charge in [0.15, 0.2) is 5.60 Å². The standard InChI is InChI=1S/C28H28N2O3/c1-3-4-12-29-19-7-10-23-25(16-19)32-26-17-20(30-13-5-14-30)8-11-24(26)28(23)22-9-6-18(2)15-21(22)27(31)33-28/h6-11,15-17,29H,3-5,12-14H2,1-2H3. The van der Waals surface area contributed by atoms with E-state index in [1.165, 1.54) is 6.42 Å². The minimum Gasteiger partial charge on any atom is -0.456 e. The zero-order valence-electron chi connectivity index (χ0n) is 19.1. The van der Waals surface area contributed by atoms with E-state index < -0.39 is 5.60 Å². The minimum absolute atomic E-state index is 0.288. The van der Waals surface area contributed by atoms with Gasteiger partial charge in [-0.25, -0.2) is 4.79 Å². The van der Waals surface area contributed by atoms with Crippen molar-refractivity contribution in [1.82, 2.24) is 0 Å². The molecule has 1 fully saturated rings. The van der Waals surface area contributed by atoms with Crippen LogP contribution in [0.3, 0.4) is 0 Å². The number of hydrogen-bond acceptors (Lipinski definition) is 5. The van der Waals surface area contributed by atoms with E-state index in [2.05, 4.69) is 41.4 Å². The molecule has 1 spiro atoms. The van der Waals surface area contributed by atoms with Crippen molar-refractivity contribution in [2.45, 2.75) is 38.7 Å². The van der Waals surface area contributed by atoms with Gasteiger partial charge in [0.2, 0.25) is 0 Å². The van der Waals surface area contributed by atoms with Gasteiger partial charge in [0.05, 0.1) is 5.56 Å². The first-order chi connectivity index (χ1) is 16.1. The van der Waals surface area contributed by atoms with Crippen molar-refractivity contribution in [3.63, 3.8) is 0 Å². The summed E-state index contributed by atoms with van der Waals surface area (Å²) in [6, 6.07) is 18.4. The van der Waals surface area contributed by atoms with E-state index in [9.17, 15) is 4.79 Å². The Hall–Kier alpha value is -3.47. The molecule has 1 N–H and O–H groups in total. The molecule has 168 valence electrons. The molecule has 0 aromatic heterocycles. The Morgan fingerprint density at radius 1 is 0.970 bits per heavy atom. The smallest absolute Gasteiger partial charge is 0.340 e. The summed E-state index contributed by atoms with van der Waals surface area (Å²) in [5.41, 5.74) is 5.44. The van der Waals surface area contributed by atoms with Crippen LogP contribution in [0, 0.1) is 6.92 Å². The number of nitrogens with one attached hydrogen (secondary N) is 1. The number of carbonyl (C=O) groups is 1. The third kappa shape index (κ3) is 3.02. The normalized spacial score (nSPS) is 19.8. The number of anilines is 2. The molecule has 1 atom stereocenters. The number of aryl methyl sites for hydroxylation is 1. The molecule has 1 unspecified atom stereocenters. The Labute approximate surface area is 194 Å². The van der Waals surface area contributed by atoms with Gasteiger partial charge in [0.25, 0.3) is 0 Å². The quantitative estimate of drug-likeness (QED) is 0.390. The van der Waals surface area contributed by atoms with Crippen molar-refractivity contribution in [3.8, 4) is 11.5 Å². The largest absolute Gasteiger partial charge is 0.456 e. The van der Waals surface area contributed by atoms with E-state index in [1.807, 2.05) is 37.3 Å². The summed E-state index contributed by atoms with van der Waals surface area (Å²) in [6.45, 7) is 7.21. The van der Waals surface area contributed by atoms with E-state index in [-0.39, 0.29) is 5.97 Å². The number of benzene rings is 3. The Bertz CT molecular complexity index is 1260. The molecule has 5 heteroatoms. The van der Waals surface area contributed by atoms with E-state index >= 15 is 0 Å². The zero-order chi connectivity index (χ0) is 22.6. The van der Waals surface area contributed by atoms with Crippen molar-refractivity contribution < 1.29 is 14.3 Å². The van der Waals surface area contributed by atoms with Crippen LogP contribution in [0.5, 0.6) is 11.5 Å². The van der Waals surface area contributed by atoms with Crippen LogP contribution < -0.4 is 15.0 Å². The highest BCUT2D eigenvalue weighted by atomic mass is 16.6. The maximum atomic E-state index is 13.1. The predicted octanol–water partition coefficient (Wildman–Crippen LogP) is 5.99. The zero-order valence-corrected chi connectivity index (χ0v) is 19.1. The number of nitrogens with zero attached hydrogens (tertiary/aromatic N) is 1. The van der Waals surface area contributed by atoms with Crippen molar-refractivity contribution in [2.24, 2.45) is 0 Å². The average molecular weight is 441 g/mol. The molecule has 3 aromatic rings. The monoisotopic (exact) mass is 440 g/mol. The minimum atomic E-state index is -1.00. The molecule has 5 nitrogen and oxygen atoms in total. The molecule has 0 saturated carbocycles. The second kappa shape index (κ2) is 7.55. The van der Waals surface area contributed by atoms with E-state index in [1.54, 1.807) is 0 Å². The Kier molecular flexibility index (Phi) is 4.61. The van der Waals surface area contributed by atoms with E-state index in [4.69, 9.17) is 9.47 Å². The number of carbonyl (C=O) groups excluding carboxylic acids is 1. The van der Waals surface area contributed by atoms with E-state index in [0.29, 0.717) is 5.56 Å². The van der Waals surface area contributed by atoms with Crippen LogP contribution in [0.15, 0.2) is 54.6 Å². The second-order valence-electron chi connectivity index (χ2n) is 9.23. The van der Waals surface area contributed by atoms with Gasteiger partial charge in [-0.2, -0.15) is 0 Å². The number of rotatable bonds is 5. The molecule has 1 saturated heterocycles. The number of fused-ring (bicyclic) bond motifs is 6. The molecule has 3 aliphatic rings. The van der Waals surface area contributed by atoms with Crippen LogP contribution in [-0.4, -0.2) is 25.6 Å². The fraction of sp³-hybridized carbons (Fsp3) is 0.321. The average Bonchev–Trinajstić information content (AvgIpc) is 3.05. The van der Waals surface area contributed by atoms with Crippen molar-refractivity contribution in [3.05, 3.63) is 82.4 Å². The highest BCUT2D eigenvalue weighted by Gasteiger charge is 2.53. The third-order valence-corrected chi connectivity index (χ3v) is 7.03. The predicted molar refractivity (Wildman–Crippen MR) is 130 cm³/mol. The van der Waals surface area contributed by atoms with Crippen LogP contribution in [-0.2, 0) is 10.3 Å². The lowest BCUT2D eigenvalue weighted by Crippen LogP contribution is -2.37. The fourth-order valence-electron chi connectivity index (χ4n) is 5.12. The summed E-state index contributed by atoms with van der Waals surface area (Å²) in [7, 11) is 0. The summed E-state index contributed by atoms with van der Waals surface area (Å²) in [5, 5.41) is 3.49. The Morgan fingerprint density at radius 2 is 1.73 bits per heavy atom. The Morgan fingerprint density at radius 3 is 2.48 bits per heavy atom. The van der Waals surface area contributed by atoms with Gasteiger partial charge in [-0.05, 0) is 50.1 Å². The molecule has 33 heavy (non-hydrogen) atoms. The first kappa shape index (κ1) is 20.2. The van der Waals surface area contributed by atoms with Gasteiger partial charge < -0.3 is 19.7 Å². The van der Waals surface area contributed by atoms with Crippen LogP contribution >= 0.6 is 0 Å². The molecule has 3 aliphatic heterocycles. The summed E-state index contributed by atoms with van der Waals surface area (Å²) in [5.74, 6) is 1.19. The highest BCUT2D eigenvalue weighted by Crippen LogP contribution is 2.57. The molecule has 3 aromatic carbocycles. The number of unbranched alkanes of at least 4 members (excludes halogenated alkanes) is 1. The SMILES string of the molecule is CCCCNc1ccc2c(c1)Oc1cc(N3CCC3)ccc1C21OC(=O)c2cc(C)ccc21. The molecule has 0 radical (unpaired) electrons. The first-order valence-electron chi connectivity index (χ1n) is 11.9. The van der Waals surface area contributed by atoms with Crippen molar-refractivity contribution >= 4 is 17.3 Å². The summed E-state index contributed by atoms with van der Waals surface area (Å²) < 4.78 is 12.8. The van der Waals surface area contributed by atoms with Gasteiger partial charge in [-0.3, -0.25) is 0 Å². The number of ether oxygens (including phenoxy) is 2. The second-order valence-corrected chi connectivity index (χ2v) is 9.23. The summed E-state index contributed by atoms with van der Waals surface area (Å²) in [6.07, 6.45) is 3.45. The number of esters is 1. The number of hydrogen-bond donors (Lipinski definition) is 1. The van der Waals surface area contributed by atoms with Gasteiger partial charge in [0.1, 0.15) is 11.5 Å². The Balaban J connectivity index is 1.53. The van der Waals surface area contributed by atoms with Crippen LogP contribution in [0.2, 0.25) is 0 Å². The molecule has 0 amide bonds. The molecule has 6 rings (SSSR count). The highest BCUT2D eigenvalue weighted by molar-refractivity contribution is 5.97. The first-order valence-corrected chi connectivity index (χ1v) is 11.9. The maximum Gasteiger partial charge on any atom is 0.340 e. The summed E-state index contributed by atoms with van der Waals surface area (Å²) in [4.78, 5) is 15.4. The van der Waals surface area contributed by atoms with E-state index in [0.717, 1.165) is 77.6 Å². The van der Waals surface area contributed by atoms with Gasteiger partial charge in [0, 0.05) is 59.8 Å². The third-order valence-electron chi connectivity index (χ3n) is 7.03. The van der Waals surface area contributed by atoms with Crippen LogP contribution in [0.4, 0.5) is 11.4 Å². The van der Waals surface area contributed by atoms with Crippen LogP contribution in [0.1, 0.15) is 58.8 Å². The van der Waals surface area contributed by atoms with Gasteiger partial charge >= 0.3 is 5.97 Å². The lowest BCUT2D eigenvalue weighted by molar-refractivity contribution is 0.0224. The molecular weight excluding hydrogens is 412 g/mol. The van der Waals surface area contributed by atoms with Gasteiger partial charge in [-0.15, -0.1) is 0 Å². The van der Waals surface area contributed by atoms with Gasteiger partial charge in [-0.1, -0.05) is 31.0 Å². The van der Waals surface area contributed by atoms with Crippen LogP contribution in [0.25, 0.3) is 0 Å².